The zero-order chi connectivity index (χ0) is 26.5. The number of hydrogen-bond donors (Lipinski definition) is 1. The van der Waals surface area contributed by atoms with Gasteiger partial charge in [0.15, 0.2) is 0 Å². The third kappa shape index (κ3) is 4.65. The van der Waals surface area contributed by atoms with Crippen LogP contribution in [0.5, 0.6) is 0 Å². The summed E-state index contributed by atoms with van der Waals surface area (Å²) in [6.07, 6.45) is 5.26. The second-order valence-corrected chi connectivity index (χ2v) is 20.5. The summed E-state index contributed by atoms with van der Waals surface area (Å²) in [4.78, 5) is 19.1. The van der Waals surface area contributed by atoms with Gasteiger partial charge in [0.25, 0.3) is 0 Å². The second kappa shape index (κ2) is 11.1. The van der Waals surface area contributed by atoms with Gasteiger partial charge in [0, 0.05) is 0 Å². The van der Waals surface area contributed by atoms with Gasteiger partial charge >= 0.3 is 245 Å². The maximum absolute atomic E-state index is 14.9. The number of oxime groups is 1. The molecule has 210 valence electrons. The van der Waals surface area contributed by atoms with Crippen LogP contribution >= 0.6 is 16.8 Å². The van der Waals surface area contributed by atoms with Gasteiger partial charge in [0.05, 0.1) is 0 Å². The van der Waals surface area contributed by atoms with Crippen molar-refractivity contribution in [2.45, 2.75) is 77.0 Å². The predicted octanol–water partition coefficient (Wildman–Crippen LogP) is 2.99. The van der Waals surface area contributed by atoms with E-state index in [-0.39, 0.29) is 63.5 Å². The van der Waals surface area contributed by atoms with E-state index < -0.39 is 11.6 Å². The number of nitrogens with zero attached hydrogens (tertiary/aromatic N) is 1. The van der Waals surface area contributed by atoms with E-state index in [9.17, 15) is 9.18 Å². The van der Waals surface area contributed by atoms with Crippen LogP contribution in [0.15, 0.2) is 35.5 Å². The first kappa shape index (κ1) is 27.7. The van der Waals surface area contributed by atoms with Gasteiger partial charge in [-0.05, 0) is 0 Å². The van der Waals surface area contributed by atoms with Crippen molar-refractivity contribution in [3.63, 3.8) is 0 Å². The fourth-order valence-corrected chi connectivity index (χ4v) is 16.6. The van der Waals surface area contributed by atoms with Crippen molar-refractivity contribution in [3.05, 3.63) is 35.9 Å². The Morgan fingerprint density at radius 2 is 1.97 bits per heavy atom. The molecule has 1 saturated heterocycles. The SMILES string of the molecule is CO[I-]I=C1CC2C(CC[C@]3(C)C(=O)C(F)CC23)[C@@]2(C)CC/C(=N\OC3CCNC3)C(c3ccccc3)C12. The Hall–Kier alpha value is -0.460. The van der Waals surface area contributed by atoms with Crippen LogP contribution in [0.3, 0.4) is 0 Å². The summed E-state index contributed by atoms with van der Waals surface area (Å²) >= 11 is -0.498. The van der Waals surface area contributed by atoms with E-state index in [1.807, 2.05) is 7.11 Å². The van der Waals surface area contributed by atoms with Crippen molar-refractivity contribution < 1.29 is 34.7 Å². The Bertz CT molecular complexity index is 1110. The van der Waals surface area contributed by atoms with Crippen LogP contribution in [0, 0.1) is 34.5 Å². The average Bonchev–Trinajstić information content (AvgIpc) is 3.53. The van der Waals surface area contributed by atoms with E-state index in [1.165, 1.54) is 11.3 Å². The number of Topliss-reactive ketones (excluding diaryl/α,β-unsaturated/α-hetero) is 1. The number of alkyl halides is 1. The number of rotatable bonds is 5. The molecule has 1 aromatic rings. The molecule has 0 amide bonds. The quantitative estimate of drug-likeness (QED) is 0.372. The molecule has 0 spiro atoms. The molecule has 6 rings (SSSR count). The number of fused-ring (bicyclic) bond motifs is 5. The standard InChI is InChI=1S/C30H40FI2N2O3/c1-29-13-10-25(35-38-19-11-14-34-17-19)26(18-7-5-4-6-8-18)27(29)24(32-33-37-3)15-20-21(29)9-12-30(2)22(20)16-23(31)28(30)36/h4-8,19-23,26-27,34H,9-17H2,1-3H3/q-1/b35-25+/t19?,20?,21?,22?,23?,26?,27?,29-,30+/m1/s1. The van der Waals surface area contributed by atoms with Crippen LogP contribution in [0.4, 0.5) is 4.39 Å². The van der Waals surface area contributed by atoms with Crippen LogP contribution in [0.1, 0.15) is 70.3 Å². The van der Waals surface area contributed by atoms with Crippen LogP contribution in [-0.2, 0) is 12.7 Å². The van der Waals surface area contributed by atoms with Crippen molar-refractivity contribution in [1.29, 1.82) is 0 Å². The van der Waals surface area contributed by atoms with Gasteiger partial charge in [-0.1, -0.05) is 0 Å². The minimum atomic E-state index is -1.27. The molecule has 5 fully saturated rings. The number of halogens is 3. The molecule has 0 bridgehead atoms. The molecule has 38 heavy (non-hydrogen) atoms. The molecule has 1 aromatic carbocycles. The normalized spacial score (nSPS) is 44.9. The first-order valence-corrected chi connectivity index (χ1v) is 22.5. The van der Waals surface area contributed by atoms with E-state index >= 15 is 0 Å². The second-order valence-electron chi connectivity index (χ2n) is 12.5. The van der Waals surface area contributed by atoms with Crippen molar-refractivity contribution >= 4 is 31.8 Å². The molecular weight excluding hydrogens is 709 g/mol. The number of nitrogens with one attached hydrogen (secondary N) is 1. The predicted molar refractivity (Wildman–Crippen MR) is 153 cm³/mol. The summed E-state index contributed by atoms with van der Waals surface area (Å²) in [5.74, 6) is 1.61. The molecule has 1 heterocycles. The molecule has 5 aliphatic rings. The molecule has 7 unspecified atom stereocenters. The first-order valence-electron chi connectivity index (χ1n) is 14.2. The molecule has 1 aliphatic heterocycles. The average molecular weight is 749 g/mol. The fourth-order valence-electron chi connectivity index (χ4n) is 8.88. The van der Waals surface area contributed by atoms with Crippen molar-refractivity contribution in [1.82, 2.24) is 5.32 Å². The zero-order valence-electron chi connectivity index (χ0n) is 22.6. The summed E-state index contributed by atoms with van der Waals surface area (Å²) < 4.78 is 22.4. The summed E-state index contributed by atoms with van der Waals surface area (Å²) in [6.45, 7) is 6.47. The van der Waals surface area contributed by atoms with Crippen LogP contribution in [-0.4, -0.2) is 47.5 Å². The molecule has 1 N–H and O–H groups in total. The van der Waals surface area contributed by atoms with Crippen molar-refractivity contribution in [2.24, 2.45) is 39.7 Å². The van der Waals surface area contributed by atoms with E-state index in [0.717, 1.165) is 51.6 Å². The minimum absolute atomic E-state index is 0.114. The van der Waals surface area contributed by atoms with E-state index in [0.29, 0.717) is 24.2 Å². The summed E-state index contributed by atoms with van der Waals surface area (Å²) in [5, 5.41) is 8.30. The maximum atomic E-state index is 14.9. The fraction of sp³-hybridized carbons (Fsp3) is 0.700. The van der Waals surface area contributed by atoms with Crippen molar-refractivity contribution in [2.75, 3.05) is 20.2 Å². The molecule has 5 nitrogen and oxygen atoms in total. The molecule has 0 aromatic heterocycles. The number of carbonyl (C=O) groups is 1. The molecule has 9 atom stereocenters. The Balaban J connectivity index is 1.42. The monoisotopic (exact) mass is 749 g/mol. The summed E-state index contributed by atoms with van der Waals surface area (Å²) in [7, 11) is 1.85. The van der Waals surface area contributed by atoms with Gasteiger partial charge in [-0.25, -0.2) is 0 Å². The molecule has 4 saturated carbocycles. The number of benzene rings is 1. The van der Waals surface area contributed by atoms with E-state index in [2.05, 4.69) is 49.5 Å². The molecule has 0 radical (unpaired) electrons. The van der Waals surface area contributed by atoms with Gasteiger partial charge in [-0.15, -0.1) is 0 Å². The number of ketones is 1. The molecule has 4 aliphatic carbocycles. The van der Waals surface area contributed by atoms with Crippen molar-refractivity contribution in [3.8, 4) is 0 Å². The van der Waals surface area contributed by atoms with Gasteiger partial charge in [-0.2, -0.15) is 0 Å². The third-order valence-electron chi connectivity index (χ3n) is 10.7. The summed E-state index contributed by atoms with van der Waals surface area (Å²) in [6, 6.07) is 11.0. The van der Waals surface area contributed by atoms with E-state index in [4.69, 9.17) is 13.1 Å². The Morgan fingerprint density at radius 1 is 1.16 bits per heavy atom. The van der Waals surface area contributed by atoms with Gasteiger partial charge in [-0.3, -0.25) is 0 Å². The van der Waals surface area contributed by atoms with Gasteiger partial charge < -0.3 is 0 Å². The van der Waals surface area contributed by atoms with Gasteiger partial charge in [0.2, 0.25) is 0 Å². The molecule has 8 heteroatoms. The first-order chi connectivity index (χ1) is 18.4. The molecular formula is C30H40FI2N2O3-. The Labute approximate surface area is 243 Å². The Morgan fingerprint density at radius 3 is 2.71 bits per heavy atom. The van der Waals surface area contributed by atoms with Crippen LogP contribution < -0.4 is 23.0 Å². The zero-order valence-corrected chi connectivity index (χ0v) is 26.9. The Kier molecular flexibility index (Phi) is 8.08. The van der Waals surface area contributed by atoms with Gasteiger partial charge in [0.1, 0.15) is 0 Å². The number of hydrogen-bond acceptors (Lipinski definition) is 5. The third-order valence-corrected chi connectivity index (χ3v) is 19.7. The van der Waals surface area contributed by atoms with Crippen LogP contribution in [0.25, 0.3) is 0 Å². The summed E-state index contributed by atoms with van der Waals surface area (Å²) in [5.41, 5.74) is 2.17. The topological polar surface area (TPSA) is 59.9 Å². The van der Waals surface area contributed by atoms with E-state index in [1.54, 1.807) is 3.51 Å². The number of carbonyl (C=O) groups excluding carboxylic acids is 1. The van der Waals surface area contributed by atoms with Crippen LogP contribution in [0.2, 0.25) is 0 Å².